The van der Waals surface area contributed by atoms with Crippen molar-refractivity contribution in [3.63, 3.8) is 0 Å². The molecule has 2 nitrogen and oxygen atoms in total. The summed E-state index contributed by atoms with van der Waals surface area (Å²) in [6.07, 6.45) is 11.8. The molecule has 0 spiro atoms. The summed E-state index contributed by atoms with van der Waals surface area (Å²) in [7, 11) is 0.306. The molecule has 0 fully saturated rings. The topological polar surface area (TPSA) is 18.5 Å². The maximum atomic E-state index is 5.06. The van der Waals surface area contributed by atoms with Gasteiger partial charge in [0.25, 0.3) is 0 Å². The molecule has 74 valence electrons. The molecular weight excluding hydrogens is 163 g/mol. The summed E-state index contributed by atoms with van der Waals surface area (Å²) < 4.78 is 10.1. The summed E-state index contributed by atoms with van der Waals surface area (Å²) >= 11 is 0. The minimum atomic E-state index is 0.306. The zero-order chi connectivity index (χ0) is 9.78. The van der Waals surface area contributed by atoms with E-state index in [0.29, 0.717) is 7.69 Å². The molecule has 0 aromatic carbocycles. The monoisotopic (exact) mass is 182 g/mol. The highest BCUT2D eigenvalue weighted by Crippen LogP contribution is 1.90. The van der Waals surface area contributed by atoms with Crippen molar-refractivity contribution < 1.29 is 9.31 Å². The first-order valence-corrected chi connectivity index (χ1v) is 4.95. The highest BCUT2D eigenvalue weighted by atomic mass is 16.6. The number of unbranched alkanes of at least 4 members (excludes halogenated alkanes) is 2. The Morgan fingerprint density at radius 1 is 0.923 bits per heavy atom. The molecule has 3 heteroatoms. The van der Waals surface area contributed by atoms with Crippen LogP contribution in [0.2, 0.25) is 0 Å². The van der Waals surface area contributed by atoms with Gasteiger partial charge in [-0.25, -0.2) is 0 Å². The summed E-state index contributed by atoms with van der Waals surface area (Å²) in [5.41, 5.74) is 0. The molecule has 0 aliphatic carbocycles. The van der Waals surface area contributed by atoms with Crippen molar-refractivity contribution in [3.05, 3.63) is 24.7 Å². The highest BCUT2D eigenvalue weighted by molar-refractivity contribution is 6.18. The number of hydrogen-bond donors (Lipinski definition) is 0. The first-order chi connectivity index (χ1) is 6.41. The van der Waals surface area contributed by atoms with Crippen LogP contribution in [0.25, 0.3) is 0 Å². The van der Waals surface area contributed by atoms with Crippen molar-refractivity contribution >= 4 is 7.69 Å². The minimum Gasteiger partial charge on any atom is -0.535 e. The SMILES string of the molecule is CCCC=COBOC=CCCC. The number of allylic oxidation sites excluding steroid dienone is 2. The van der Waals surface area contributed by atoms with Gasteiger partial charge in [0.2, 0.25) is 0 Å². The van der Waals surface area contributed by atoms with Gasteiger partial charge < -0.3 is 9.31 Å². The lowest BCUT2D eigenvalue weighted by Gasteiger charge is -1.96. The molecule has 0 heterocycles. The van der Waals surface area contributed by atoms with Crippen molar-refractivity contribution in [1.29, 1.82) is 0 Å². The Morgan fingerprint density at radius 3 is 1.77 bits per heavy atom. The Bertz CT molecular complexity index is 128. The maximum absolute atomic E-state index is 5.06. The molecule has 0 saturated carbocycles. The van der Waals surface area contributed by atoms with Crippen molar-refractivity contribution in [3.8, 4) is 0 Å². The lowest BCUT2D eigenvalue weighted by molar-refractivity contribution is 0.374. The third-order valence-electron chi connectivity index (χ3n) is 1.43. The van der Waals surface area contributed by atoms with Crippen molar-refractivity contribution in [2.45, 2.75) is 39.5 Å². The summed E-state index contributed by atoms with van der Waals surface area (Å²) in [6, 6.07) is 0. The molecule has 0 unspecified atom stereocenters. The second-order valence-electron chi connectivity index (χ2n) is 2.77. The molecular formula is C10H19BO2. The van der Waals surface area contributed by atoms with Crippen LogP contribution in [0.15, 0.2) is 24.7 Å². The molecule has 0 aromatic rings. The van der Waals surface area contributed by atoms with Gasteiger partial charge in [0.05, 0.1) is 12.5 Å². The molecule has 0 atom stereocenters. The van der Waals surface area contributed by atoms with E-state index in [-0.39, 0.29) is 0 Å². The quantitative estimate of drug-likeness (QED) is 0.326. The van der Waals surface area contributed by atoms with Gasteiger partial charge in [-0.3, -0.25) is 0 Å². The van der Waals surface area contributed by atoms with E-state index in [1.807, 2.05) is 12.2 Å². The molecule has 0 rings (SSSR count). The van der Waals surface area contributed by atoms with E-state index in [1.54, 1.807) is 12.5 Å². The average Bonchev–Trinajstić information content (AvgIpc) is 2.16. The normalized spacial score (nSPS) is 10.9. The summed E-state index contributed by atoms with van der Waals surface area (Å²) in [4.78, 5) is 0. The van der Waals surface area contributed by atoms with E-state index in [1.165, 1.54) is 0 Å². The fraction of sp³-hybridized carbons (Fsp3) is 0.600. The van der Waals surface area contributed by atoms with Gasteiger partial charge in [0, 0.05) is 0 Å². The zero-order valence-electron chi connectivity index (χ0n) is 8.66. The molecule has 0 aromatic heterocycles. The van der Waals surface area contributed by atoms with Gasteiger partial charge in [-0.05, 0) is 12.8 Å². The average molecular weight is 182 g/mol. The Morgan fingerprint density at radius 2 is 1.38 bits per heavy atom. The van der Waals surface area contributed by atoms with Crippen LogP contribution in [0.5, 0.6) is 0 Å². The first-order valence-electron chi connectivity index (χ1n) is 4.95. The van der Waals surface area contributed by atoms with Crippen LogP contribution < -0.4 is 0 Å². The van der Waals surface area contributed by atoms with E-state index in [2.05, 4.69) is 13.8 Å². The zero-order valence-corrected chi connectivity index (χ0v) is 8.66. The molecule has 0 aliphatic heterocycles. The second-order valence-corrected chi connectivity index (χ2v) is 2.77. The van der Waals surface area contributed by atoms with Crippen molar-refractivity contribution in [2.24, 2.45) is 0 Å². The third kappa shape index (κ3) is 11.1. The van der Waals surface area contributed by atoms with E-state index in [9.17, 15) is 0 Å². The summed E-state index contributed by atoms with van der Waals surface area (Å²) in [6.45, 7) is 4.27. The van der Waals surface area contributed by atoms with Gasteiger partial charge in [-0.2, -0.15) is 0 Å². The fourth-order valence-corrected chi connectivity index (χ4v) is 0.723. The Labute approximate surface area is 81.9 Å². The third-order valence-corrected chi connectivity index (χ3v) is 1.43. The Balaban J connectivity index is 3.07. The predicted octanol–water partition coefficient (Wildman–Crippen LogP) is 2.91. The molecule has 0 N–H and O–H groups in total. The van der Waals surface area contributed by atoms with Crippen LogP contribution in [0.1, 0.15) is 39.5 Å². The van der Waals surface area contributed by atoms with Crippen molar-refractivity contribution in [1.82, 2.24) is 0 Å². The molecule has 13 heavy (non-hydrogen) atoms. The lowest BCUT2D eigenvalue weighted by Crippen LogP contribution is -1.93. The van der Waals surface area contributed by atoms with Gasteiger partial charge >= 0.3 is 7.69 Å². The van der Waals surface area contributed by atoms with Gasteiger partial charge in [-0.15, -0.1) is 0 Å². The molecule has 0 bridgehead atoms. The number of hydrogen-bond acceptors (Lipinski definition) is 2. The Hall–Kier alpha value is -0.855. The molecule has 0 aliphatic rings. The van der Waals surface area contributed by atoms with E-state index < -0.39 is 0 Å². The van der Waals surface area contributed by atoms with E-state index in [4.69, 9.17) is 9.31 Å². The van der Waals surface area contributed by atoms with Crippen LogP contribution >= 0.6 is 0 Å². The molecule has 0 amide bonds. The summed E-state index contributed by atoms with van der Waals surface area (Å²) in [5.74, 6) is 0. The van der Waals surface area contributed by atoms with E-state index >= 15 is 0 Å². The predicted molar refractivity (Wildman–Crippen MR) is 57.4 cm³/mol. The van der Waals surface area contributed by atoms with Crippen LogP contribution in [-0.2, 0) is 9.31 Å². The highest BCUT2D eigenvalue weighted by Gasteiger charge is 1.84. The fourth-order valence-electron chi connectivity index (χ4n) is 0.723. The van der Waals surface area contributed by atoms with Gasteiger partial charge in [-0.1, -0.05) is 38.8 Å². The van der Waals surface area contributed by atoms with Crippen molar-refractivity contribution in [2.75, 3.05) is 0 Å². The first kappa shape index (κ1) is 12.1. The maximum Gasteiger partial charge on any atom is 0.575 e. The van der Waals surface area contributed by atoms with Crippen LogP contribution in [0.3, 0.4) is 0 Å². The van der Waals surface area contributed by atoms with E-state index in [0.717, 1.165) is 25.7 Å². The van der Waals surface area contributed by atoms with Gasteiger partial charge in [0.1, 0.15) is 0 Å². The largest absolute Gasteiger partial charge is 0.575 e. The smallest absolute Gasteiger partial charge is 0.535 e. The Kier molecular flexibility index (Phi) is 10.4. The summed E-state index contributed by atoms with van der Waals surface area (Å²) in [5, 5.41) is 0. The second kappa shape index (κ2) is 11.1. The number of rotatable bonds is 8. The molecule has 0 saturated heterocycles. The van der Waals surface area contributed by atoms with Crippen LogP contribution in [-0.4, -0.2) is 7.69 Å². The standard InChI is InChI=1S/C10H19BO2/c1-3-5-7-9-12-11-13-10-8-6-4-2/h7-11H,3-6H2,1-2H3. The van der Waals surface area contributed by atoms with Crippen LogP contribution in [0.4, 0.5) is 0 Å². The lowest BCUT2D eigenvalue weighted by atomic mass is 10.3. The minimum absolute atomic E-state index is 0.306. The molecule has 0 radical (unpaired) electrons. The van der Waals surface area contributed by atoms with Crippen LogP contribution in [0, 0.1) is 0 Å². The van der Waals surface area contributed by atoms with Gasteiger partial charge in [0.15, 0.2) is 0 Å².